The van der Waals surface area contributed by atoms with Gasteiger partial charge in [0.1, 0.15) is 0 Å². The molecule has 5 nitrogen and oxygen atoms in total. The Kier molecular flexibility index (Phi) is 5.40. The molecular formula is C15H28N4O. The largest absolute Gasteiger partial charge is 0.340 e. The maximum Gasteiger partial charge on any atom is 0.232 e. The lowest BCUT2D eigenvalue weighted by Crippen LogP contribution is -2.54. The van der Waals surface area contributed by atoms with Crippen molar-refractivity contribution in [1.29, 1.82) is 0 Å². The van der Waals surface area contributed by atoms with E-state index in [1.807, 2.05) is 4.90 Å². The van der Waals surface area contributed by atoms with Crippen molar-refractivity contribution < 1.29 is 4.79 Å². The number of rotatable bonds is 4. The summed E-state index contributed by atoms with van der Waals surface area (Å²) in [7, 11) is 0. The molecule has 1 saturated heterocycles. The highest BCUT2D eigenvalue weighted by molar-refractivity contribution is 5.99. The van der Waals surface area contributed by atoms with Crippen molar-refractivity contribution in [3.8, 4) is 0 Å². The summed E-state index contributed by atoms with van der Waals surface area (Å²) in [6.45, 7) is 13.1. The Morgan fingerprint density at radius 3 is 2.30 bits per heavy atom. The maximum atomic E-state index is 12.6. The van der Waals surface area contributed by atoms with Crippen LogP contribution in [0.4, 0.5) is 0 Å². The van der Waals surface area contributed by atoms with Gasteiger partial charge in [-0.15, -0.1) is 0 Å². The van der Waals surface area contributed by atoms with E-state index < -0.39 is 0 Å². The number of carbonyl (C=O) groups is 1. The van der Waals surface area contributed by atoms with Gasteiger partial charge < -0.3 is 9.80 Å². The van der Waals surface area contributed by atoms with Crippen LogP contribution in [0.5, 0.6) is 0 Å². The summed E-state index contributed by atoms with van der Waals surface area (Å²) < 4.78 is 0. The monoisotopic (exact) mass is 280 g/mol. The molecule has 20 heavy (non-hydrogen) atoms. The molecule has 0 aromatic carbocycles. The molecule has 0 N–H and O–H groups in total. The average molecular weight is 280 g/mol. The van der Waals surface area contributed by atoms with Crippen LogP contribution in [-0.2, 0) is 4.79 Å². The Bertz CT molecular complexity index is 357. The number of nitrogens with zero attached hydrogens (tertiary/aromatic N) is 4. The summed E-state index contributed by atoms with van der Waals surface area (Å²) in [6.07, 6.45) is 1.84. The van der Waals surface area contributed by atoms with Crippen molar-refractivity contribution in [3.63, 3.8) is 0 Å². The normalized spacial score (nSPS) is 20.7. The van der Waals surface area contributed by atoms with Gasteiger partial charge in [0.05, 0.1) is 6.54 Å². The third-order valence-electron chi connectivity index (χ3n) is 4.52. The second kappa shape index (κ2) is 7.07. The van der Waals surface area contributed by atoms with Gasteiger partial charge >= 0.3 is 0 Å². The molecule has 0 atom stereocenters. The summed E-state index contributed by atoms with van der Waals surface area (Å²) in [5.74, 6) is 1.34. The Labute approximate surface area is 122 Å². The number of piperazine rings is 1. The lowest BCUT2D eigenvalue weighted by Gasteiger charge is -2.37. The minimum atomic E-state index is 0.148. The predicted molar refractivity (Wildman–Crippen MR) is 81.8 cm³/mol. The van der Waals surface area contributed by atoms with Gasteiger partial charge in [0.15, 0.2) is 0 Å². The van der Waals surface area contributed by atoms with E-state index in [9.17, 15) is 4.79 Å². The van der Waals surface area contributed by atoms with Crippen LogP contribution in [0.15, 0.2) is 4.99 Å². The zero-order chi connectivity index (χ0) is 14.5. The van der Waals surface area contributed by atoms with Crippen LogP contribution in [0.1, 0.15) is 33.6 Å². The number of amides is 1. The first-order valence-corrected chi connectivity index (χ1v) is 8.04. The van der Waals surface area contributed by atoms with E-state index in [-0.39, 0.29) is 11.8 Å². The second-order valence-corrected chi connectivity index (χ2v) is 5.61. The molecular weight excluding hydrogens is 252 g/mol. The molecule has 0 aromatic heterocycles. The van der Waals surface area contributed by atoms with Gasteiger partial charge in [0, 0.05) is 38.6 Å². The Hall–Kier alpha value is -1.10. The third-order valence-corrected chi connectivity index (χ3v) is 4.52. The number of guanidine groups is 1. The van der Waals surface area contributed by atoms with Crippen LogP contribution >= 0.6 is 0 Å². The molecule has 0 aliphatic carbocycles. The SMILES string of the molecule is CCC(CC)C(=O)N1CCN=C1N1CCN(CC)CC1. The summed E-state index contributed by atoms with van der Waals surface area (Å²) in [4.78, 5) is 23.8. The Morgan fingerprint density at radius 1 is 1.10 bits per heavy atom. The van der Waals surface area contributed by atoms with Gasteiger partial charge in [-0.05, 0) is 19.4 Å². The number of aliphatic imine (C=N–C) groups is 1. The fourth-order valence-corrected chi connectivity index (χ4v) is 3.04. The molecule has 0 spiro atoms. The van der Waals surface area contributed by atoms with Crippen molar-refractivity contribution in [3.05, 3.63) is 0 Å². The molecule has 114 valence electrons. The topological polar surface area (TPSA) is 39.2 Å². The van der Waals surface area contributed by atoms with Crippen LogP contribution in [0, 0.1) is 5.92 Å². The van der Waals surface area contributed by atoms with E-state index in [2.05, 4.69) is 35.6 Å². The lowest BCUT2D eigenvalue weighted by atomic mass is 10.0. The van der Waals surface area contributed by atoms with Gasteiger partial charge in [-0.25, -0.2) is 0 Å². The first-order valence-electron chi connectivity index (χ1n) is 8.04. The summed E-state index contributed by atoms with van der Waals surface area (Å²) in [5, 5.41) is 0. The molecule has 2 rings (SSSR count). The molecule has 2 aliphatic rings. The highest BCUT2D eigenvalue weighted by Crippen LogP contribution is 2.17. The third kappa shape index (κ3) is 3.14. The van der Waals surface area contributed by atoms with Crippen molar-refractivity contribution in [2.45, 2.75) is 33.6 Å². The summed E-state index contributed by atoms with van der Waals surface area (Å²) >= 11 is 0. The number of likely N-dealkylation sites (N-methyl/N-ethyl adjacent to an activating group) is 1. The molecule has 0 radical (unpaired) electrons. The molecule has 0 unspecified atom stereocenters. The van der Waals surface area contributed by atoms with E-state index in [0.29, 0.717) is 0 Å². The van der Waals surface area contributed by atoms with Gasteiger partial charge in [-0.2, -0.15) is 0 Å². The average Bonchev–Trinajstić information content (AvgIpc) is 2.98. The van der Waals surface area contributed by atoms with E-state index in [4.69, 9.17) is 0 Å². The predicted octanol–water partition coefficient (Wildman–Crippen LogP) is 1.26. The summed E-state index contributed by atoms with van der Waals surface area (Å²) in [6, 6.07) is 0. The van der Waals surface area contributed by atoms with Gasteiger partial charge in [-0.3, -0.25) is 14.7 Å². The van der Waals surface area contributed by atoms with Crippen molar-refractivity contribution in [2.75, 3.05) is 45.8 Å². The fourth-order valence-electron chi connectivity index (χ4n) is 3.04. The quantitative estimate of drug-likeness (QED) is 0.778. The van der Waals surface area contributed by atoms with E-state index >= 15 is 0 Å². The van der Waals surface area contributed by atoms with Gasteiger partial charge in [-0.1, -0.05) is 20.8 Å². The molecule has 0 bridgehead atoms. The lowest BCUT2D eigenvalue weighted by molar-refractivity contribution is -0.131. The Balaban J connectivity index is 1.99. The van der Waals surface area contributed by atoms with E-state index in [1.165, 1.54) is 0 Å². The van der Waals surface area contributed by atoms with Crippen molar-refractivity contribution in [1.82, 2.24) is 14.7 Å². The summed E-state index contributed by atoms with van der Waals surface area (Å²) in [5.41, 5.74) is 0. The molecule has 1 amide bonds. The van der Waals surface area contributed by atoms with Gasteiger partial charge in [0.2, 0.25) is 11.9 Å². The van der Waals surface area contributed by atoms with Gasteiger partial charge in [0.25, 0.3) is 0 Å². The van der Waals surface area contributed by atoms with Crippen LogP contribution < -0.4 is 0 Å². The molecule has 0 saturated carbocycles. The fraction of sp³-hybridized carbons (Fsp3) is 0.867. The first kappa shape index (κ1) is 15.3. The van der Waals surface area contributed by atoms with E-state index in [0.717, 1.165) is 64.6 Å². The van der Waals surface area contributed by atoms with Crippen LogP contribution in [0.3, 0.4) is 0 Å². The van der Waals surface area contributed by atoms with E-state index in [1.54, 1.807) is 0 Å². The molecule has 2 heterocycles. The molecule has 1 fully saturated rings. The number of hydrogen-bond donors (Lipinski definition) is 0. The van der Waals surface area contributed by atoms with Crippen molar-refractivity contribution >= 4 is 11.9 Å². The minimum absolute atomic E-state index is 0.148. The second-order valence-electron chi connectivity index (χ2n) is 5.61. The van der Waals surface area contributed by atoms with Crippen LogP contribution in [0.2, 0.25) is 0 Å². The zero-order valence-electron chi connectivity index (χ0n) is 13.1. The Morgan fingerprint density at radius 2 is 1.75 bits per heavy atom. The zero-order valence-corrected chi connectivity index (χ0v) is 13.1. The molecule has 5 heteroatoms. The standard InChI is InChI=1S/C15H28N4O/c1-4-13(5-2)14(20)19-8-7-16-15(19)18-11-9-17(6-3)10-12-18/h13H,4-12H2,1-3H3. The van der Waals surface area contributed by atoms with Crippen LogP contribution in [0.25, 0.3) is 0 Å². The molecule has 2 aliphatic heterocycles. The first-order chi connectivity index (χ1) is 9.71. The minimum Gasteiger partial charge on any atom is -0.340 e. The van der Waals surface area contributed by atoms with Crippen molar-refractivity contribution in [2.24, 2.45) is 10.9 Å². The maximum absolute atomic E-state index is 12.6. The number of hydrogen-bond acceptors (Lipinski definition) is 4. The van der Waals surface area contributed by atoms with Crippen LogP contribution in [-0.4, -0.2) is 72.4 Å². The smallest absolute Gasteiger partial charge is 0.232 e. The number of carbonyl (C=O) groups excluding carboxylic acids is 1. The molecule has 0 aromatic rings. The highest BCUT2D eigenvalue weighted by atomic mass is 16.2. The highest BCUT2D eigenvalue weighted by Gasteiger charge is 2.32.